The van der Waals surface area contributed by atoms with Crippen LogP contribution in [0.5, 0.6) is 0 Å². The third-order valence-electron chi connectivity index (χ3n) is 2.97. The summed E-state index contributed by atoms with van der Waals surface area (Å²) in [5.41, 5.74) is 0. The predicted octanol–water partition coefficient (Wildman–Crippen LogP) is 0.257. The fourth-order valence-electron chi connectivity index (χ4n) is 1.79. The van der Waals surface area contributed by atoms with Crippen molar-refractivity contribution >= 4 is 27.3 Å². The highest BCUT2D eigenvalue weighted by Crippen LogP contribution is 2.19. The van der Waals surface area contributed by atoms with Gasteiger partial charge in [0.1, 0.15) is 10.8 Å². The van der Waals surface area contributed by atoms with Gasteiger partial charge in [-0.15, -0.1) is 11.3 Å². The molecule has 1 amide bonds. The van der Waals surface area contributed by atoms with Gasteiger partial charge >= 0.3 is 0 Å². The molecule has 2 aromatic rings. The van der Waals surface area contributed by atoms with Crippen LogP contribution in [-0.4, -0.2) is 56.0 Å². The molecule has 9 nitrogen and oxygen atoms in total. The van der Waals surface area contributed by atoms with E-state index in [0.717, 1.165) is 15.6 Å². The minimum Gasteiger partial charge on any atom is -0.375 e. The molecule has 0 spiro atoms. The first-order chi connectivity index (χ1) is 11.4. The summed E-state index contributed by atoms with van der Waals surface area (Å²) in [6, 6.07) is 3.15. The molecule has 0 radical (unpaired) electrons. The van der Waals surface area contributed by atoms with E-state index in [4.69, 9.17) is 9.26 Å². The van der Waals surface area contributed by atoms with Crippen molar-refractivity contribution in [3.8, 4) is 0 Å². The van der Waals surface area contributed by atoms with Gasteiger partial charge in [0, 0.05) is 27.1 Å². The molecule has 24 heavy (non-hydrogen) atoms. The average molecular weight is 374 g/mol. The second-order valence-electron chi connectivity index (χ2n) is 4.83. The lowest BCUT2D eigenvalue weighted by molar-refractivity contribution is -0.121. The van der Waals surface area contributed by atoms with E-state index in [1.54, 1.807) is 11.4 Å². The smallest absolute Gasteiger partial charge is 0.252 e. The van der Waals surface area contributed by atoms with E-state index < -0.39 is 15.9 Å². The lowest BCUT2D eigenvalue weighted by Crippen LogP contribution is -2.38. The number of hydrogen-bond acceptors (Lipinski definition) is 8. The normalized spacial score (nSPS) is 11.8. The van der Waals surface area contributed by atoms with Crippen LogP contribution in [0.25, 0.3) is 0 Å². The standard InChI is InChI=1S/C13H18N4O5S2/c1-17(24(19,20)13-4-3-7-23-13)8-11(18)14-6-5-10-15-12(9-21-2)22-16-10/h3-4,7H,5-6,8-9H2,1-2H3,(H,14,18). The van der Waals surface area contributed by atoms with E-state index in [-0.39, 0.29) is 23.9 Å². The van der Waals surface area contributed by atoms with Crippen LogP contribution in [0, 0.1) is 0 Å². The zero-order chi connectivity index (χ0) is 17.6. The van der Waals surface area contributed by atoms with Crippen molar-refractivity contribution in [1.29, 1.82) is 0 Å². The van der Waals surface area contributed by atoms with E-state index in [0.29, 0.717) is 18.1 Å². The highest BCUT2D eigenvalue weighted by Gasteiger charge is 2.23. The first-order valence-electron chi connectivity index (χ1n) is 7.00. The van der Waals surface area contributed by atoms with Gasteiger partial charge in [-0.1, -0.05) is 11.2 Å². The molecule has 1 N–H and O–H groups in total. The lowest BCUT2D eigenvalue weighted by atomic mass is 10.4. The molecule has 0 aliphatic heterocycles. The number of thiophene rings is 1. The molecule has 0 aromatic carbocycles. The van der Waals surface area contributed by atoms with Crippen LogP contribution in [0.2, 0.25) is 0 Å². The van der Waals surface area contributed by atoms with Crippen molar-refractivity contribution in [2.45, 2.75) is 17.2 Å². The number of amides is 1. The molecule has 2 heterocycles. The first kappa shape index (κ1) is 18.5. The molecule has 0 bridgehead atoms. The largest absolute Gasteiger partial charge is 0.375 e. The summed E-state index contributed by atoms with van der Waals surface area (Å²) < 4.78 is 35.4. The van der Waals surface area contributed by atoms with Crippen molar-refractivity contribution in [2.75, 3.05) is 27.2 Å². The van der Waals surface area contributed by atoms with Gasteiger partial charge in [-0.3, -0.25) is 4.79 Å². The maximum atomic E-state index is 12.2. The Balaban J connectivity index is 1.78. The second-order valence-corrected chi connectivity index (χ2v) is 8.05. The Morgan fingerprint density at radius 2 is 2.29 bits per heavy atom. The maximum absolute atomic E-state index is 12.2. The Labute approximate surface area is 143 Å². The number of hydrogen-bond donors (Lipinski definition) is 1. The molecular formula is C13H18N4O5S2. The Morgan fingerprint density at radius 1 is 1.50 bits per heavy atom. The topological polar surface area (TPSA) is 115 Å². The van der Waals surface area contributed by atoms with E-state index in [2.05, 4.69) is 15.5 Å². The zero-order valence-electron chi connectivity index (χ0n) is 13.3. The molecule has 2 rings (SSSR count). The maximum Gasteiger partial charge on any atom is 0.252 e. The van der Waals surface area contributed by atoms with Crippen molar-refractivity contribution in [1.82, 2.24) is 19.8 Å². The van der Waals surface area contributed by atoms with Crippen molar-refractivity contribution in [3.63, 3.8) is 0 Å². The van der Waals surface area contributed by atoms with Gasteiger partial charge < -0.3 is 14.6 Å². The fourth-order valence-corrected chi connectivity index (χ4v) is 4.12. The molecule has 132 valence electrons. The monoisotopic (exact) mass is 374 g/mol. The minimum absolute atomic E-state index is 0.204. The van der Waals surface area contributed by atoms with Crippen molar-refractivity contribution in [3.05, 3.63) is 29.2 Å². The Kier molecular flexibility index (Phi) is 6.43. The number of carbonyl (C=O) groups is 1. The number of nitrogens with zero attached hydrogens (tertiary/aromatic N) is 3. The molecule has 0 saturated heterocycles. The molecule has 0 fully saturated rings. The van der Waals surface area contributed by atoms with Gasteiger partial charge in [0.15, 0.2) is 5.82 Å². The quantitative estimate of drug-likeness (QED) is 0.669. The summed E-state index contributed by atoms with van der Waals surface area (Å²) in [5.74, 6) is 0.403. The van der Waals surface area contributed by atoms with Crippen LogP contribution in [0.4, 0.5) is 0 Å². The zero-order valence-corrected chi connectivity index (χ0v) is 14.9. The van der Waals surface area contributed by atoms with Crippen LogP contribution >= 0.6 is 11.3 Å². The van der Waals surface area contributed by atoms with Gasteiger partial charge in [-0.25, -0.2) is 8.42 Å². The molecule has 0 saturated carbocycles. The molecular weight excluding hydrogens is 356 g/mol. The number of rotatable bonds is 9. The highest BCUT2D eigenvalue weighted by molar-refractivity contribution is 7.91. The molecule has 0 atom stereocenters. The predicted molar refractivity (Wildman–Crippen MR) is 85.9 cm³/mol. The lowest BCUT2D eigenvalue weighted by Gasteiger charge is -2.15. The summed E-state index contributed by atoms with van der Waals surface area (Å²) in [6.45, 7) is 0.240. The summed E-state index contributed by atoms with van der Waals surface area (Å²) in [5, 5.41) is 8.04. The van der Waals surface area contributed by atoms with Crippen LogP contribution in [-0.2, 0) is 32.6 Å². The van der Waals surface area contributed by atoms with E-state index in [1.165, 1.54) is 20.2 Å². The summed E-state index contributed by atoms with van der Waals surface area (Å²) >= 11 is 1.11. The summed E-state index contributed by atoms with van der Waals surface area (Å²) in [4.78, 5) is 15.9. The highest BCUT2D eigenvalue weighted by atomic mass is 32.2. The van der Waals surface area contributed by atoms with Crippen molar-refractivity contribution < 1.29 is 22.5 Å². The van der Waals surface area contributed by atoms with Gasteiger partial charge in [0.2, 0.25) is 5.91 Å². The third kappa shape index (κ3) is 4.84. The Hall–Kier alpha value is -1.82. The van der Waals surface area contributed by atoms with Crippen LogP contribution in [0.3, 0.4) is 0 Å². The molecule has 0 aliphatic rings. The minimum atomic E-state index is -3.63. The van der Waals surface area contributed by atoms with Gasteiger partial charge in [-0.05, 0) is 11.4 Å². The number of nitrogens with one attached hydrogen (secondary N) is 1. The number of sulfonamides is 1. The number of carbonyl (C=O) groups excluding carboxylic acids is 1. The fraction of sp³-hybridized carbons (Fsp3) is 0.462. The number of ether oxygens (including phenoxy) is 1. The van der Waals surface area contributed by atoms with E-state index in [1.807, 2.05) is 0 Å². The van der Waals surface area contributed by atoms with Gasteiger partial charge in [0.05, 0.1) is 6.54 Å². The summed E-state index contributed by atoms with van der Waals surface area (Å²) in [7, 11) is -0.749. The van der Waals surface area contributed by atoms with Crippen LogP contribution in [0.1, 0.15) is 11.7 Å². The van der Waals surface area contributed by atoms with E-state index in [9.17, 15) is 13.2 Å². The number of aromatic nitrogens is 2. The molecule has 2 aromatic heterocycles. The van der Waals surface area contributed by atoms with E-state index >= 15 is 0 Å². The SMILES string of the molecule is COCc1nc(CCNC(=O)CN(C)S(=O)(=O)c2cccs2)no1. The Morgan fingerprint density at radius 3 is 2.96 bits per heavy atom. The van der Waals surface area contributed by atoms with Crippen LogP contribution < -0.4 is 5.32 Å². The summed E-state index contributed by atoms with van der Waals surface area (Å²) in [6.07, 6.45) is 0.375. The average Bonchev–Trinajstić information content (AvgIpc) is 3.19. The van der Waals surface area contributed by atoms with Crippen LogP contribution in [0.15, 0.2) is 26.2 Å². The van der Waals surface area contributed by atoms with Crippen molar-refractivity contribution in [2.24, 2.45) is 0 Å². The first-order valence-corrected chi connectivity index (χ1v) is 9.32. The third-order valence-corrected chi connectivity index (χ3v) is 6.15. The molecule has 0 aliphatic carbocycles. The van der Waals surface area contributed by atoms with Gasteiger partial charge in [-0.2, -0.15) is 9.29 Å². The Bertz CT molecular complexity index is 757. The molecule has 11 heteroatoms. The molecule has 0 unspecified atom stereocenters. The number of likely N-dealkylation sites (N-methyl/N-ethyl adjacent to an activating group) is 1. The number of methoxy groups -OCH3 is 1. The second kappa shape index (κ2) is 8.33. The van der Waals surface area contributed by atoms with Gasteiger partial charge in [0.25, 0.3) is 15.9 Å².